The lowest BCUT2D eigenvalue weighted by Crippen LogP contribution is -1.93. The smallest absolute Gasteiger partial charge is 0.225 e. The van der Waals surface area contributed by atoms with Crippen molar-refractivity contribution in [2.75, 3.05) is 12.8 Å². The van der Waals surface area contributed by atoms with E-state index < -0.39 is 0 Å². The van der Waals surface area contributed by atoms with Crippen molar-refractivity contribution in [3.63, 3.8) is 0 Å². The highest BCUT2D eigenvalue weighted by Gasteiger charge is 2.17. The van der Waals surface area contributed by atoms with E-state index in [1.807, 2.05) is 6.92 Å². The molecule has 1 aromatic carbocycles. The van der Waals surface area contributed by atoms with Crippen LogP contribution in [0.3, 0.4) is 0 Å². The van der Waals surface area contributed by atoms with Gasteiger partial charge in [-0.3, -0.25) is 0 Å². The van der Waals surface area contributed by atoms with Gasteiger partial charge in [0.1, 0.15) is 11.4 Å². The lowest BCUT2D eigenvalue weighted by molar-refractivity contribution is 0.414. The number of hydrogen-bond acceptors (Lipinski definition) is 4. The number of aromatic nitrogens is 1. The van der Waals surface area contributed by atoms with Crippen LogP contribution in [0.1, 0.15) is 12.5 Å². The fraction of sp³-hybridized carbons (Fsp3) is 0.250. The summed E-state index contributed by atoms with van der Waals surface area (Å²) in [5.74, 6) is 1.03. The number of anilines is 1. The Bertz CT molecular complexity index is 537. The summed E-state index contributed by atoms with van der Waals surface area (Å²) >= 11 is 5.98. The summed E-state index contributed by atoms with van der Waals surface area (Å²) in [6.07, 6.45) is 0.736. The van der Waals surface area contributed by atoms with E-state index in [1.165, 1.54) is 0 Å². The molecular formula is C12H13ClN2O2. The van der Waals surface area contributed by atoms with Crippen molar-refractivity contribution < 1.29 is 9.26 Å². The second-order valence-electron chi connectivity index (χ2n) is 3.57. The van der Waals surface area contributed by atoms with Crippen molar-refractivity contribution in [3.05, 3.63) is 28.8 Å². The fourth-order valence-electron chi connectivity index (χ4n) is 1.74. The zero-order valence-corrected chi connectivity index (χ0v) is 10.4. The van der Waals surface area contributed by atoms with Crippen LogP contribution in [0.2, 0.25) is 5.02 Å². The molecule has 0 saturated carbocycles. The molecule has 0 amide bonds. The van der Waals surface area contributed by atoms with Gasteiger partial charge in [0.15, 0.2) is 0 Å². The van der Waals surface area contributed by atoms with Crippen molar-refractivity contribution in [2.24, 2.45) is 0 Å². The molecule has 2 aromatic rings. The van der Waals surface area contributed by atoms with Gasteiger partial charge in [0.2, 0.25) is 5.88 Å². The molecule has 0 aliphatic carbocycles. The Morgan fingerprint density at radius 1 is 1.47 bits per heavy atom. The Balaban J connectivity index is 2.62. The summed E-state index contributed by atoms with van der Waals surface area (Å²) in [7, 11) is 1.60. The topological polar surface area (TPSA) is 61.3 Å². The summed E-state index contributed by atoms with van der Waals surface area (Å²) in [6.45, 7) is 1.99. The van der Waals surface area contributed by atoms with E-state index in [4.69, 9.17) is 26.6 Å². The number of methoxy groups -OCH3 is 1. The molecule has 17 heavy (non-hydrogen) atoms. The minimum Gasteiger partial charge on any atom is -0.496 e. The molecule has 0 unspecified atom stereocenters. The number of rotatable bonds is 3. The number of ether oxygens (including phenoxy) is 1. The molecule has 0 radical (unpaired) electrons. The van der Waals surface area contributed by atoms with Crippen molar-refractivity contribution in [1.29, 1.82) is 0 Å². The third-order valence-electron chi connectivity index (χ3n) is 2.59. The van der Waals surface area contributed by atoms with Gasteiger partial charge in [-0.15, -0.1) is 0 Å². The van der Waals surface area contributed by atoms with Gasteiger partial charge in [-0.25, -0.2) is 0 Å². The molecule has 90 valence electrons. The lowest BCUT2D eigenvalue weighted by atomic mass is 10.0. The molecule has 2 rings (SSSR count). The van der Waals surface area contributed by atoms with Crippen LogP contribution in [-0.2, 0) is 6.42 Å². The first-order chi connectivity index (χ1) is 8.17. The molecule has 0 atom stereocenters. The SMILES string of the molecule is CCc1c(-c2cc(Cl)ccc2OC)noc1N. The number of nitrogens with zero attached hydrogens (tertiary/aromatic N) is 1. The quantitative estimate of drug-likeness (QED) is 0.912. The second-order valence-corrected chi connectivity index (χ2v) is 4.01. The molecule has 0 aliphatic heterocycles. The molecule has 2 N–H and O–H groups in total. The Labute approximate surface area is 104 Å². The third kappa shape index (κ3) is 2.08. The van der Waals surface area contributed by atoms with E-state index in [0.717, 1.165) is 17.5 Å². The zero-order chi connectivity index (χ0) is 12.4. The van der Waals surface area contributed by atoms with Crippen molar-refractivity contribution in [2.45, 2.75) is 13.3 Å². The molecule has 4 nitrogen and oxygen atoms in total. The zero-order valence-electron chi connectivity index (χ0n) is 9.66. The van der Waals surface area contributed by atoms with E-state index >= 15 is 0 Å². The van der Waals surface area contributed by atoms with Crippen LogP contribution >= 0.6 is 11.6 Å². The lowest BCUT2D eigenvalue weighted by Gasteiger charge is -2.07. The molecule has 0 fully saturated rings. The predicted octanol–water partition coefficient (Wildman–Crippen LogP) is 3.15. The maximum Gasteiger partial charge on any atom is 0.225 e. The molecule has 0 aliphatic rings. The number of halogens is 1. The molecule has 0 saturated heterocycles. The van der Waals surface area contributed by atoms with E-state index in [1.54, 1.807) is 25.3 Å². The summed E-state index contributed by atoms with van der Waals surface area (Å²) in [4.78, 5) is 0. The summed E-state index contributed by atoms with van der Waals surface area (Å²) in [5.41, 5.74) is 8.06. The monoisotopic (exact) mass is 252 g/mol. The summed E-state index contributed by atoms with van der Waals surface area (Å²) < 4.78 is 10.3. The van der Waals surface area contributed by atoms with Gasteiger partial charge in [0.05, 0.1) is 7.11 Å². The van der Waals surface area contributed by atoms with Crippen LogP contribution in [0.5, 0.6) is 5.75 Å². The second kappa shape index (κ2) is 4.67. The number of nitrogens with two attached hydrogens (primary N) is 1. The first kappa shape index (κ1) is 11.8. The predicted molar refractivity (Wildman–Crippen MR) is 67.3 cm³/mol. The molecular weight excluding hydrogens is 240 g/mol. The van der Waals surface area contributed by atoms with Crippen LogP contribution < -0.4 is 10.5 Å². The normalized spacial score (nSPS) is 10.5. The maximum atomic E-state index is 5.98. The van der Waals surface area contributed by atoms with Crippen LogP contribution in [0.15, 0.2) is 22.7 Å². The standard InChI is InChI=1S/C12H13ClN2O2/c1-3-8-11(15-17-12(8)14)9-6-7(13)4-5-10(9)16-2/h4-6H,3,14H2,1-2H3. The fourth-order valence-corrected chi connectivity index (χ4v) is 1.91. The van der Waals surface area contributed by atoms with Gasteiger partial charge in [-0.1, -0.05) is 23.7 Å². The molecule has 0 bridgehead atoms. The number of hydrogen-bond donors (Lipinski definition) is 1. The average Bonchev–Trinajstić information content (AvgIpc) is 2.70. The highest BCUT2D eigenvalue weighted by molar-refractivity contribution is 6.31. The molecule has 1 aromatic heterocycles. The van der Waals surface area contributed by atoms with Gasteiger partial charge < -0.3 is 15.0 Å². The molecule has 5 heteroatoms. The van der Waals surface area contributed by atoms with Gasteiger partial charge in [0, 0.05) is 16.1 Å². The average molecular weight is 253 g/mol. The molecule has 0 spiro atoms. The van der Waals surface area contributed by atoms with Crippen molar-refractivity contribution >= 4 is 17.5 Å². The number of nitrogen functional groups attached to an aromatic ring is 1. The van der Waals surface area contributed by atoms with Gasteiger partial charge in [-0.05, 0) is 24.6 Å². The van der Waals surface area contributed by atoms with E-state index in [0.29, 0.717) is 22.4 Å². The van der Waals surface area contributed by atoms with E-state index in [9.17, 15) is 0 Å². The Hall–Kier alpha value is -1.68. The Morgan fingerprint density at radius 2 is 2.24 bits per heavy atom. The first-order valence-electron chi connectivity index (χ1n) is 5.25. The summed E-state index contributed by atoms with van der Waals surface area (Å²) in [5, 5.41) is 4.58. The van der Waals surface area contributed by atoms with Gasteiger partial charge >= 0.3 is 0 Å². The minimum atomic E-state index is 0.338. The largest absolute Gasteiger partial charge is 0.496 e. The minimum absolute atomic E-state index is 0.338. The first-order valence-corrected chi connectivity index (χ1v) is 5.63. The van der Waals surface area contributed by atoms with Crippen LogP contribution in [0, 0.1) is 0 Å². The number of benzene rings is 1. The maximum absolute atomic E-state index is 5.98. The highest BCUT2D eigenvalue weighted by atomic mass is 35.5. The Morgan fingerprint density at radius 3 is 2.88 bits per heavy atom. The van der Waals surface area contributed by atoms with Crippen molar-refractivity contribution in [1.82, 2.24) is 5.16 Å². The third-order valence-corrected chi connectivity index (χ3v) is 2.82. The van der Waals surface area contributed by atoms with E-state index in [-0.39, 0.29) is 0 Å². The van der Waals surface area contributed by atoms with E-state index in [2.05, 4.69) is 5.16 Å². The van der Waals surface area contributed by atoms with Crippen molar-refractivity contribution in [3.8, 4) is 17.0 Å². The Kier molecular flexibility index (Phi) is 3.24. The summed E-state index contributed by atoms with van der Waals surface area (Å²) in [6, 6.07) is 5.35. The molecule has 1 heterocycles. The van der Waals surface area contributed by atoms with Gasteiger partial charge in [-0.2, -0.15) is 0 Å². The highest BCUT2D eigenvalue weighted by Crippen LogP contribution is 2.35. The van der Waals surface area contributed by atoms with Crippen LogP contribution in [-0.4, -0.2) is 12.3 Å². The van der Waals surface area contributed by atoms with Crippen LogP contribution in [0.4, 0.5) is 5.88 Å². The van der Waals surface area contributed by atoms with Crippen LogP contribution in [0.25, 0.3) is 11.3 Å². The van der Waals surface area contributed by atoms with Gasteiger partial charge in [0.25, 0.3) is 0 Å².